The van der Waals surface area contributed by atoms with Gasteiger partial charge in [0.05, 0.1) is 42.2 Å². The van der Waals surface area contributed by atoms with Crippen LogP contribution < -0.4 is 5.46 Å². The van der Waals surface area contributed by atoms with E-state index in [2.05, 4.69) is 42.5 Å². The quantitative estimate of drug-likeness (QED) is 0.417. The molecule has 2 bridgehead atoms. The van der Waals surface area contributed by atoms with Gasteiger partial charge in [-0.05, 0) is 68.0 Å². The van der Waals surface area contributed by atoms with Crippen LogP contribution in [0.2, 0.25) is 0 Å². The topological polar surface area (TPSA) is 70.1 Å². The van der Waals surface area contributed by atoms with E-state index in [4.69, 9.17) is 23.8 Å². The lowest BCUT2D eigenvalue weighted by Crippen LogP contribution is -2.56. The predicted octanol–water partition coefficient (Wildman–Crippen LogP) is 5.19. The van der Waals surface area contributed by atoms with Crippen LogP contribution in [0.5, 0.6) is 0 Å². The van der Waals surface area contributed by atoms with Gasteiger partial charge in [0.15, 0.2) is 0 Å². The van der Waals surface area contributed by atoms with Gasteiger partial charge >= 0.3 is 13.2 Å². The van der Waals surface area contributed by atoms with Gasteiger partial charge in [-0.3, -0.25) is 9.88 Å². The van der Waals surface area contributed by atoms with Gasteiger partial charge in [-0.25, -0.2) is 4.79 Å². The van der Waals surface area contributed by atoms with Crippen LogP contribution in [-0.4, -0.2) is 66.2 Å². The Kier molecular flexibility index (Phi) is 6.34. The number of pyridine rings is 1. The Bertz CT molecular complexity index is 1460. The zero-order chi connectivity index (χ0) is 28.4. The molecule has 7 nitrogen and oxygen atoms in total. The van der Waals surface area contributed by atoms with Gasteiger partial charge in [0.2, 0.25) is 0 Å². The van der Waals surface area contributed by atoms with Gasteiger partial charge in [-0.2, -0.15) is 0 Å². The minimum atomic E-state index is -0.446. The lowest BCUT2D eigenvalue weighted by molar-refractivity contribution is -0.0331. The number of nitrogens with zero attached hydrogens (tertiary/aromatic N) is 2. The number of rotatable bonds is 4. The maximum Gasteiger partial charge on any atom is 0.496 e. The van der Waals surface area contributed by atoms with E-state index in [1.54, 1.807) is 0 Å². The third kappa shape index (κ3) is 4.49. The van der Waals surface area contributed by atoms with Gasteiger partial charge in [-0.1, -0.05) is 60.7 Å². The summed E-state index contributed by atoms with van der Waals surface area (Å²) in [5.74, 6) is 0.0324. The molecule has 4 aliphatic rings. The van der Waals surface area contributed by atoms with Gasteiger partial charge in [-0.15, -0.1) is 0 Å². The number of amides is 1. The molecule has 2 unspecified atom stereocenters. The van der Waals surface area contributed by atoms with Gasteiger partial charge in [0.25, 0.3) is 0 Å². The van der Waals surface area contributed by atoms with Crippen LogP contribution in [0.15, 0.2) is 72.9 Å². The summed E-state index contributed by atoms with van der Waals surface area (Å²) in [6.07, 6.45) is 4.31. The van der Waals surface area contributed by atoms with E-state index in [9.17, 15) is 4.79 Å². The van der Waals surface area contributed by atoms with E-state index in [0.29, 0.717) is 26.2 Å². The van der Waals surface area contributed by atoms with Crippen molar-refractivity contribution in [1.82, 2.24) is 9.88 Å². The summed E-state index contributed by atoms with van der Waals surface area (Å²) in [4.78, 5) is 20.1. The summed E-state index contributed by atoms with van der Waals surface area (Å²) in [5.41, 5.74) is 6.97. The Hall–Kier alpha value is -3.46. The second-order valence-corrected chi connectivity index (χ2v) is 12.4. The van der Waals surface area contributed by atoms with Crippen LogP contribution >= 0.6 is 0 Å². The normalized spacial score (nSPS) is 24.0. The Morgan fingerprint density at radius 1 is 0.951 bits per heavy atom. The zero-order valence-corrected chi connectivity index (χ0v) is 24.0. The number of fused-ring (bicyclic) bond motifs is 5. The maximum absolute atomic E-state index is 13.5. The highest BCUT2D eigenvalue weighted by atomic mass is 16.7. The fourth-order valence-electron chi connectivity index (χ4n) is 6.45. The lowest BCUT2D eigenvalue weighted by atomic mass is 9.80. The standard InChI is InChI=1S/C33H35BN2O5/c1-32(2)33(3,4)41-34(40-32)22-13-14-30(35-17-22)21-15-23-18-38-19-24(16-21)36(23)31(37)39-20-29-27-11-7-5-9-25(27)26-10-6-8-12-28(26)29/h5-15,17,23-24,29H,16,18-20H2,1-4H3. The highest BCUT2D eigenvalue weighted by Gasteiger charge is 2.52. The van der Waals surface area contributed by atoms with Crippen molar-refractivity contribution < 1.29 is 23.6 Å². The summed E-state index contributed by atoms with van der Waals surface area (Å²) in [6.45, 7) is 9.41. The highest BCUT2D eigenvalue weighted by molar-refractivity contribution is 6.62. The summed E-state index contributed by atoms with van der Waals surface area (Å²) in [5, 5.41) is 0. The van der Waals surface area contributed by atoms with Gasteiger partial charge in [0, 0.05) is 17.6 Å². The number of morpholine rings is 1. The van der Waals surface area contributed by atoms with Crippen LogP contribution in [0.25, 0.3) is 16.7 Å². The number of benzene rings is 2. The second kappa shape index (κ2) is 9.83. The third-order valence-electron chi connectivity index (χ3n) is 9.39. The van der Waals surface area contributed by atoms with E-state index < -0.39 is 18.3 Å². The molecule has 1 aromatic heterocycles. The fourth-order valence-corrected chi connectivity index (χ4v) is 6.45. The summed E-state index contributed by atoms with van der Waals surface area (Å²) >= 11 is 0. The average Bonchev–Trinajstić information content (AvgIpc) is 3.40. The van der Waals surface area contributed by atoms with Crippen LogP contribution in [0.3, 0.4) is 0 Å². The first-order valence-corrected chi connectivity index (χ1v) is 14.5. The van der Waals surface area contributed by atoms with Crippen LogP contribution in [-0.2, 0) is 18.8 Å². The van der Waals surface area contributed by atoms with Crippen molar-refractivity contribution >= 4 is 24.2 Å². The molecule has 0 saturated carbocycles. The number of aromatic nitrogens is 1. The molecule has 210 valence electrons. The molecule has 7 rings (SSSR count). The number of carbonyl (C=O) groups excluding carboxylic acids is 1. The maximum atomic E-state index is 13.5. The van der Waals surface area contributed by atoms with E-state index in [0.717, 1.165) is 16.7 Å². The molecule has 0 N–H and O–H groups in total. The van der Waals surface area contributed by atoms with Gasteiger partial charge in [0.1, 0.15) is 6.61 Å². The number of ether oxygens (including phenoxy) is 2. The minimum Gasteiger partial charge on any atom is -0.448 e. The lowest BCUT2D eigenvalue weighted by Gasteiger charge is -2.43. The molecular weight excluding hydrogens is 515 g/mol. The number of hydrogen-bond donors (Lipinski definition) is 0. The largest absolute Gasteiger partial charge is 0.496 e. The average molecular weight is 550 g/mol. The molecule has 41 heavy (non-hydrogen) atoms. The summed E-state index contributed by atoms with van der Waals surface area (Å²) in [6, 6.07) is 20.5. The van der Waals surface area contributed by atoms with E-state index in [1.165, 1.54) is 22.3 Å². The monoisotopic (exact) mass is 550 g/mol. The Labute approximate surface area is 241 Å². The molecule has 4 heterocycles. The summed E-state index contributed by atoms with van der Waals surface area (Å²) < 4.78 is 24.2. The van der Waals surface area contributed by atoms with Crippen LogP contribution in [0, 0.1) is 0 Å². The Balaban J connectivity index is 1.06. The molecule has 0 spiro atoms. The van der Waals surface area contributed by atoms with E-state index in [1.807, 2.05) is 63.1 Å². The molecule has 1 aliphatic carbocycles. The number of carbonyl (C=O) groups is 1. The SMILES string of the molecule is CC1(C)OB(c2ccc(C3=CC4COCC(C3)N4C(=O)OCC3c4ccccc4-c4ccccc43)nc2)OC1(C)C. The van der Waals surface area contributed by atoms with E-state index >= 15 is 0 Å². The predicted molar refractivity (Wildman–Crippen MR) is 158 cm³/mol. The van der Waals surface area contributed by atoms with E-state index in [-0.39, 0.29) is 24.1 Å². The second-order valence-electron chi connectivity index (χ2n) is 12.4. The van der Waals surface area contributed by atoms with Crippen LogP contribution in [0.4, 0.5) is 4.79 Å². The van der Waals surface area contributed by atoms with Crippen molar-refractivity contribution in [2.45, 2.75) is 63.3 Å². The van der Waals surface area contributed by atoms with Crippen molar-refractivity contribution in [3.05, 3.63) is 89.8 Å². The van der Waals surface area contributed by atoms with Crippen LogP contribution in [0.1, 0.15) is 56.9 Å². The number of hydrogen-bond acceptors (Lipinski definition) is 6. The first-order valence-electron chi connectivity index (χ1n) is 14.5. The molecule has 1 amide bonds. The van der Waals surface area contributed by atoms with Crippen molar-refractivity contribution in [3.63, 3.8) is 0 Å². The van der Waals surface area contributed by atoms with Crippen molar-refractivity contribution in [2.75, 3.05) is 19.8 Å². The molecule has 2 saturated heterocycles. The molecule has 2 aromatic carbocycles. The Morgan fingerprint density at radius 2 is 1.61 bits per heavy atom. The minimum absolute atomic E-state index is 0.0324. The molecule has 2 atom stereocenters. The van der Waals surface area contributed by atoms with Crippen molar-refractivity contribution in [2.24, 2.45) is 0 Å². The van der Waals surface area contributed by atoms with Crippen molar-refractivity contribution in [1.29, 1.82) is 0 Å². The molecule has 3 aromatic rings. The highest BCUT2D eigenvalue weighted by Crippen LogP contribution is 2.45. The molecule has 3 aliphatic heterocycles. The molecule has 2 fully saturated rings. The zero-order valence-electron chi connectivity index (χ0n) is 24.0. The molecule has 0 radical (unpaired) electrons. The summed E-state index contributed by atoms with van der Waals surface area (Å²) in [7, 11) is -0.446. The molecular formula is C33H35BN2O5. The van der Waals surface area contributed by atoms with Crippen molar-refractivity contribution in [3.8, 4) is 11.1 Å². The smallest absolute Gasteiger partial charge is 0.448 e. The first kappa shape index (κ1) is 26.4. The third-order valence-corrected chi connectivity index (χ3v) is 9.39. The first-order chi connectivity index (χ1) is 19.7. The fraction of sp³-hybridized carbons (Fsp3) is 0.394. The molecule has 8 heteroatoms. The Morgan fingerprint density at radius 3 is 2.22 bits per heavy atom. The van der Waals surface area contributed by atoms with Gasteiger partial charge < -0.3 is 18.8 Å².